The van der Waals surface area contributed by atoms with Crippen molar-refractivity contribution in [2.75, 3.05) is 27.2 Å². The van der Waals surface area contributed by atoms with E-state index in [1.165, 1.54) is 0 Å². The highest BCUT2D eigenvalue weighted by Gasteiger charge is 2.23. The highest BCUT2D eigenvalue weighted by atomic mass is 16.5. The van der Waals surface area contributed by atoms with E-state index in [0.29, 0.717) is 12.3 Å². The van der Waals surface area contributed by atoms with E-state index >= 15 is 0 Å². The predicted octanol–water partition coefficient (Wildman–Crippen LogP) is 3.96. The Morgan fingerprint density at radius 1 is 1.16 bits per heavy atom. The molecule has 0 spiro atoms. The summed E-state index contributed by atoms with van der Waals surface area (Å²) in [5.74, 6) is 1.82. The fourth-order valence-corrected chi connectivity index (χ4v) is 2.82. The minimum atomic E-state index is -0.135. The number of furan rings is 1. The molecule has 5 heteroatoms. The topological polar surface area (TPSA) is 45.9 Å². The number of amides is 1. The lowest BCUT2D eigenvalue weighted by Gasteiger charge is -2.25. The van der Waals surface area contributed by atoms with Crippen molar-refractivity contribution in [1.29, 1.82) is 0 Å². The third-order valence-electron chi connectivity index (χ3n) is 4.64. The number of benzene rings is 1. The van der Waals surface area contributed by atoms with Crippen LogP contribution in [0.2, 0.25) is 0 Å². The molecule has 0 unspecified atom stereocenters. The molecule has 0 saturated carbocycles. The van der Waals surface area contributed by atoms with Crippen LogP contribution in [0, 0.1) is 0 Å². The van der Waals surface area contributed by atoms with Gasteiger partial charge >= 0.3 is 0 Å². The lowest BCUT2D eigenvalue weighted by atomic mass is 10.1. The van der Waals surface area contributed by atoms with Crippen molar-refractivity contribution in [1.82, 2.24) is 9.80 Å². The molecule has 2 rings (SSSR count). The Kier molecular flexibility index (Phi) is 6.65. The molecular weight excluding hydrogens is 316 g/mol. The third kappa shape index (κ3) is 4.42. The van der Waals surface area contributed by atoms with Crippen molar-refractivity contribution >= 4 is 5.91 Å². The molecule has 1 heterocycles. The highest BCUT2D eigenvalue weighted by Crippen LogP contribution is 2.29. The summed E-state index contributed by atoms with van der Waals surface area (Å²) in [4.78, 5) is 16.7. The van der Waals surface area contributed by atoms with Crippen LogP contribution in [-0.2, 0) is 6.54 Å². The lowest BCUT2D eigenvalue weighted by Crippen LogP contribution is -2.29. The van der Waals surface area contributed by atoms with E-state index in [1.54, 1.807) is 25.1 Å². The van der Waals surface area contributed by atoms with E-state index in [1.807, 2.05) is 37.3 Å². The van der Waals surface area contributed by atoms with Gasteiger partial charge in [0, 0.05) is 12.6 Å². The lowest BCUT2D eigenvalue weighted by molar-refractivity contribution is 0.0705. The van der Waals surface area contributed by atoms with Crippen molar-refractivity contribution in [2.45, 2.75) is 33.4 Å². The zero-order valence-corrected chi connectivity index (χ0v) is 15.8. The van der Waals surface area contributed by atoms with Crippen LogP contribution in [-0.4, -0.2) is 43.0 Å². The van der Waals surface area contributed by atoms with Crippen molar-refractivity contribution in [3.8, 4) is 5.75 Å². The molecule has 1 aromatic carbocycles. The van der Waals surface area contributed by atoms with E-state index in [0.717, 1.165) is 30.2 Å². The van der Waals surface area contributed by atoms with E-state index in [-0.39, 0.29) is 11.9 Å². The van der Waals surface area contributed by atoms with Crippen LogP contribution in [0.25, 0.3) is 0 Å². The van der Waals surface area contributed by atoms with Crippen LogP contribution in [0.3, 0.4) is 0 Å². The SMILES string of the molecule is CCN(CC)Cc1ccc(C(=O)N(C)[C@H](C)c2ccccc2OC)o1. The van der Waals surface area contributed by atoms with Gasteiger partial charge in [-0.25, -0.2) is 0 Å². The van der Waals surface area contributed by atoms with Crippen LogP contribution >= 0.6 is 0 Å². The molecule has 0 fully saturated rings. The zero-order valence-electron chi connectivity index (χ0n) is 15.8. The summed E-state index contributed by atoms with van der Waals surface area (Å²) in [7, 11) is 3.42. The number of carbonyl (C=O) groups is 1. The van der Waals surface area contributed by atoms with Gasteiger partial charge in [0.2, 0.25) is 0 Å². The summed E-state index contributed by atoms with van der Waals surface area (Å²) in [6.07, 6.45) is 0. The van der Waals surface area contributed by atoms with Crippen LogP contribution in [0.5, 0.6) is 5.75 Å². The first kappa shape index (κ1) is 19.1. The summed E-state index contributed by atoms with van der Waals surface area (Å²) in [6, 6.07) is 11.3. The molecule has 0 aliphatic rings. The summed E-state index contributed by atoms with van der Waals surface area (Å²) >= 11 is 0. The van der Waals surface area contributed by atoms with Crippen molar-refractivity contribution in [2.24, 2.45) is 0 Å². The van der Waals surface area contributed by atoms with Crippen LogP contribution < -0.4 is 4.74 Å². The Bertz CT molecular complexity index is 692. The van der Waals surface area contributed by atoms with Gasteiger partial charge in [-0.2, -0.15) is 0 Å². The van der Waals surface area contributed by atoms with Crippen molar-refractivity contribution in [3.05, 3.63) is 53.5 Å². The van der Waals surface area contributed by atoms with Gasteiger partial charge in [0.05, 0.1) is 19.7 Å². The summed E-state index contributed by atoms with van der Waals surface area (Å²) < 4.78 is 11.2. The third-order valence-corrected chi connectivity index (χ3v) is 4.64. The van der Waals surface area contributed by atoms with Crippen molar-refractivity contribution < 1.29 is 13.9 Å². The molecule has 136 valence electrons. The fraction of sp³-hybridized carbons (Fsp3) is 0.450. The maximum atomic E-state index is 12.8. The Hall–Kier alpha value is -2.27. The van der Waals surface area contributed by atoms with Gasteiger partial charge in [-0.05, 0) is 38.2 Å². The number of hydrogen-bond donors (Lipinski definition) is 0. The predicted molar refractivity (Wildman–Crippen MR) is 98.8 cm³/mol. The average Bonchev–Trinajstić information content (AvgIpc) is 3.12. The smallest absolute Gasteiger partial charge is 0.289 e. The number of hydrogen-bond acceptors (Lipinski definition) is 4. The maximum Gasteiger partial charge on any atom is 0.289 e. The number of methoxy groups -OCH3 is 1. The first-order valence-electron chi connectivity index (χ1n) is 8.72. The number of rotatable bonds is 8. The molecule has 1 aromatic heterocycles. The first-order chi connectivity index (χ1) is 12.0. The number of ether oxygens (including phenoxy) is 1. The summed E-state index contributed by atoms with van der Waals surface area (Å²) in [6.45, 7) is 8.82. The normalized spacial score (nSPS) is 12.2. The Morgan fingerprint density at radius 3 is 2.48 bits per heavy atom. The molecule has 1 atom stereocenters. The Morgan fingerprint density at radius 2 is 1.84 bits per heavy atom. The van der Waals surface area contributed by atoms with Gasteiger partial charge in [0.1, 0.15) is 11.5 Å². The number of para-hydroxylation sites is 1. The Labute approximate surface area is 150 Å². The van der Waals surface area contributed by atoms with E-state index in [4.69, 9.17) is 9.15 Å². The average molecular weight is 344 g/mol. The molecular formula is C20H28N2O3. The largest absolute Gasteiger partial charge is 0.496 e. The van der Waals surface area contributed by atoms with Crippen molar-refractivity contribution in [3.63, 3.8) is 0 Å². The molecule has 5 nitrogen and oxygen atoms in total. The quantitative estimate of drug-likeness (QED) is 0.727. The minimum Gasteiger partial charge on any atom is -0.496 e. The molecule has 1 amide bonds. The molecule has 0 N–H and O–H groups in total. The fourth-order valence-electron chi connectivity index (χ4n) is 2.82. The molecule has 0 radical (unpaired) electrons. The first-order valence-corrected chi connectivity index (χ1v) is 8.72. The highest BCUT2D eigenvalue weighted by molar-refractivity contribution is 5.91. The standard InChI is InChI=1S/C20H28N2O3/c1-6-22(7-2)14-16-12-13-19(25-16)20(23)21(4)15(3)17-10-8-9-11-18(17)24-5/h8-13,15H,6-7,14H2,1-5H3/t15-/m1/s1. The van der Waals surface area contributed by atoms with Crippen LogP contribution in [0.1, 0.15) is 48.7 Å². The Balaban J connectivity index is 2.13. The van der Waals surface area contributed by atoms with Gasteiger partial charge in [-0.15, -0.1) is 0 Å². The molecule has 0 aliphatic carbocycles. The van der Waals surface area contributed by atoms with Gasteiger partial charge in [0.15, 0.2) is 5.76 Å². The molecule has 0 saturated heterocycles. The second kappa shape index (κ2) is 8.72. The molecule has 25 heavy (non-hydrogen) atoms. The van der Waals surface area contributed by atoms with Gasteiger partial charge < -0.3 is 14.1 Å². The minimum absolute atomic E-state index is 0.125. The molecule has 0 bridgehead atoms. The van der Waals surface area contributed by atoms with E-state index < -0.39 is 0 Å². The number of nitrogens with zero attached hydrogens (tertiary/aromatic N) is 2. The second-order valence-corrected chi connectivity index (χ2v) is 6.06. The van der Waals surface area contributed by atoms with E-state index in [9.17, 15) is 4.79 Å². The van der Waals surface area contributed by atoms with Crippen LogP contribution in [0.15, 0.2) is 40.8 Å². The van der Waals surface area contributed by atoms with Gasteiger partial charge in [-0.3, -0.25) is 9.69 Å². The number of carbonyl (C=O) groups excluding carboxylic acids is 1. The zero-order chi connectivity index (χ0) is 18.4. The summed E-state index contributed by atoms with van der Waals surface area (Å²) in [5, 5.41) is 0. The molecule has 2 aromatic rings. The monoisotopic (exact) mass is 344 g/mol. The van der Waals surface area contributed by atoms with E-state index in [2.05, 4.69) is 18.7 Å². The van der Waals surface area contributed by atoms with Gasteiger partial charge in [0.25, 0.3) is 5.91 Å². The maximum absolute atomic E-state index is 12.8. The summed E-state index contributed by atoms with van der Waals surface area (Å²) in [5.41, 5.74) is 0.968. The molecule has 0 aliphatic heterocycles. The second-order valence-electron chi connectivity index (χ2n) is 6.06. The van der Waals surface area contributed by atoms with Gasteiger partial charge in [-0.1, -0.05) is 32.0 Å². The van der Waals surface area contributed by atoms with Crippen LogP contribution in [0.4, 0.5) is 0 Å².